The molecule has 0 amide bonds. The van der Waals surface area contributed by atoms with Crippen molar-refractivity contribution in [3.63, 3.8) is 0 Å². The smallest absolute Gasteiger partial charge is 0.268 e. The van der Waals surface area contributed by atoms with Crippen molar-refractivity contribution in [2.24, 2.45) is 0 Å². The van der Waals surface area contributed by atoms with Crippen molar-refractivity contribution in [3.8, 4) is 11.5 Å². The fourth-order valence-corrected chi connectivity index (χ4v) is 3.80. The van der Waals surface area contributed by atoms with E-state index in [0.717, 1.165) is 0 Å². The molecule has 0 fully saturated rings. The third-order valence-electron chi connectivity index (χ3n) is 3.16. The Morgan fingerprint density at radius 2 is 1.91 bits per heavy atom. The van der Waals surface area contributed by atoms with E-state index in [0.29, 0.717) is 11.4 Å². The minimum absolute atomic E-state index is 0.0556. The van der Waals surface area contributed by atoms with Gasteiger partial charge < -0.3 is 9.47 Å². The van der Waals surface area contributed by atoms with E-state index in [4.69, 9.17) is 9.47 Å². The number of hydrogen-bond donors (Lipinski definition) is 0. The van der Waals surface area contributed by atoms with E-state index in [1.807, 2.05) is 0 Å². The van der Waals surface area contributed by atoms with Gasteiger partial charge in [-0.25, -0.2) is 8.42 Å². The molecular formula is C15H18N2O4S. The van der Waals surface area contributed by atoms with Crippen LogP contribution in [0.4, 0.5) is 5.69 Å². The van der Waals surface area contributed by atoms with Gasteiger partial charge in [-0.1, -0.05) is 6.07 Å². The molecule has 1 aromatic carbocycles. The number of aromatic nitrogens is 1. The quantitative estimate of drug-likeness (QED) is 0.816. The van der Waals surface area contributed by atoms with Gasteiger partial charge in [0.05, 0.1) is 26.1 Å². The molecule has 0 aliphatic rings. The number of anilines is 1. The first kappa shape index (κ1) is 16.1. The number of sulfonamides is 1. The number of para-hydroxylation sites is 1. The van der Waals surface area contributed by atoms with Crippen molar-refractivity contribution in [1.82, 2.24) is 4.98 Å². The molecule has 0 aliphatic heterocycles. The van der Waals surface area contributed by atoms with Gasteiger partial charge in [0.15, 0.2) is 11.5 Å². The first-order chi connectivity index (χ1) is 10.6. The van der Waals surface area contributed by atoms with Crippen LogP contribution in [0.25, 0.3) is 0 Å². The maximum atomic E-state index is 13.0. The van der Waals surface area contributed by atoms with Crippen LogP contribution in [-0.4, -0.2) is 34.2 Å². The van der Waals surface area contributed by atoms with Gasteiger partial charge in [0, 0.05) is 12.7 Å². The van der Waals surface area contributed by atoms with Gasteiger partial charge in [-0.3, -0.25) is 9.29 Å². The Labute approximate surface area is 130 Å². The van der Waals surface area contributed by atoms with Gasteiger partial charge in [0.25, 0.3) is 10.0 Å². The van der Waals surface area contributed by atoms with Crippen molar-refractivity contribution < 1.29 is 17.9 Å². The Hall–Kier alpha value is -2.28. The molecule has 7 heteroatoms. The zero-order chi connectivity index (χ0) is 16.2. The fraction of sp³-hybridized carbons (Fsp3) is 0.267. The summed E-state index contributed by atoms with van der Waals surface area (Å²) in [5, 5.41) is 0. The summed E-state index contributed by atoms with van der Waals surface area (Å²) in [5.74, 6) is 0.554. The SMILES string of the molecule is CCN(c1cccnc1)S(=O)(=O)c1cccc(OC)c1OC. The summed E-state index contributed by atoms with van der Waals surface area (Å²) in [6, 6.07) is 8.15. The van der Waals surface area contributed by atoms with Crippen LogP contribution in [0.5, 0.6) is 11.5 Å². The summed E-state index contributed by atoms with van der Waals surface area (Å²) in [6.45, 7) is 2.03. The monoisotopic (exact) mass is 322 g/mol. The number of nitrogens with zero attached hydrogens (tertiary/aromatic N) is 2. The number of rotatable bonds is 6. The van der Waals surface area contributed by atoms with Crippen LogP contribution in [0.3, 0.4) is 0 Å². The Bertz CT molecular complexity index is 732. The highest BCUT2D eigenvalue weighted by Crippen LogP contribution is 2.36. The molecule has 0 unspecified atom stereocenters. The maximum Gasteiger partial charge on any atom is 0.268 e. The standard InChI is InChI=1S/C15H18N2O4S/c1-4-17(12-7-6-10-16-11-12)22(18,19)14-9-5-8-13(20-2)15(14)21-3/h5-11H,4H2,1-3H3. The molecule has 2 aromatic rings. The Balaban J connectivity index is 2.59. The highest BCUT2D eigenvalue weighted by molar-refractivity contribution is 7.93. The molecule has 0 spiro atoms. The molecular weight excluding hydrogens is 304 g/mol. The Morgan fingerprint density at radius 3 is 2.45 bits per heavy atom. The second-order valence-corrected chi connectivity index (χ2v) is 6.20. The van der Waals surface area contributed by atoms with E-state index in [9.17, 15) is 8.42 Å². The number of methoxy groups -OCH3 is 2. The predicted molar refractivity (Wildman–Crippen MR) is 84.0 cm³/mol. The van der Waals surface area contributed by atoms with Crippen molar-refractivity contribution in [2.45, 2.75) is 11.8 Å². The molecule has 0 N–H and O–H groups in total. The molecule has 0 atom stereocenters. The topological polar surface area (TPSA) is 68.7 Å². The zero-order valence-corrected chi connectivity index (χ0v) is 13.5. The molecule has 0 saturated heterocycles. The first-order valence-electron chi connectivity index (χ1n) is 6.70. The number of ether oxygens (including phenoxy) is 2. The van der Waals surface area contributed by atoms with Crippen LogP contribution in [0.1, 0.15) is 6.92 Å². The minimum atomic E-state index is -3.79. The molecule has 6 nitrogen and oxygen atoms in total. The lowest BCUT2D eigenvalue weighted by Crippen LogP contribution is -2.31. The predicted octanol–water partition coefficient (Wildman–Crippen LogP) is 2.31. The second kappa shape index (κ2) is 6.65. The molecule has 1 heterocycles. The molecule has 0 saturated carbocycles. The van der Waals surface area contributed by atoms with Crippen LogP contribution in [0.2, 0.25) is 0 Å². The zero-order valence-electron chi connectivity index (χ0n) is 12.7. The third kappa shape index (κ3) is 2.85. The largest absolute Gasteiger partial charge is 0.493 e. The Morgan fingerprint density at radius 1 is 1.14 bits per heavy atom. The summed E-state index contributed by atoms with van der Waals surface area (Å²) < 4.78 is 37.6. The lowest BCUT2D eigenvalue weighted by molar-refractivity contribution is 0.347. The summed E-state index contributed by atoms with van der Waals surface area (Å²) in [7, 11) is -0.912. The van der Waals surface area contributed by atoms with Crippen molar-refractivity contribution >= 4 is 15.7 Å². The van der Waals surface area contributed by atoms with E-state index in [2.05, 4.69) is 4.98 Å². The van der Waals surface area contributed by atoms with Gasteiger partial charge in [0.2, 0.25) is 0 Å². The molecule has 0 bridgehead atoms. The van der Waals surface area contributed by atoms with E-state index in [-0.39, 0.29) is 17.2 Å². The normalized spacial score (nSPS) is 11.0. The van der Waals surface area contributed by atoms with Crippen molar-refractivity contribution in [2.75, 3.05) is 25.1 Å². The molecule has 0 radical (unpaired) electrons. The highest BCUT2D eigenvalue weighted by Gasteiger charge is 2.28. The Kier molecular flexibility index (Phi) is 4.87. The van der Waals surface area contributed by atoms with Crippen LogP contribution < -0.4 is 13.8 Å². The van der Waals surface area contributed by atoms with Crippen molar-refractivity contribution in [3.05, 3.63) is 42.7 Å². The molecule has 2 rings (SSSR count). The highest BCUT2D eigenvalue weighted by atomic mass is 32.2. The maximum absolute atomic E-state index is 13.0. The number of pyridine rings is 1. The molecule has 118 valence electrons. The third-order valence-corrected chi connectivity index (χ3v) is 5.08. The lowest BCUT2D eigenvalue weighted by Gasteiger charge is -2.24. The van der Waals surface area contributed by atoms with Crippen LogP contribution in [0, 0.1) is 0 Å². The van der Waals surface area contributed by atoms with Gasteiger partial charge in [-0.05, 0) is 31.2 Å². The summed E-state index contributed by atoms with van der Waals surface area (Å²) in [5.41, 5.74) is 0.495. The molecule has 0 aliphatic carbocycles. The molecule has 22 heavy (non-hydrogen) atoms. The molecule has 1 aromatic heterocycles. The van der Waals surface area contributed by atoms with E-state index < -0.39 is 10.0 Å². The van der Waals surface area contributed by atoms with Gasteiger partial charge in [-0.2, -0.15) is 0 Å². The van der Waals surface area contributed by atoms with Crippen LogP contribution >= 0.6 is 0 Å². The van der Waals surface area contributed by atoms with Crippen molar-refractivity contribution in [1.29, 1.82) is 0 Å². The summed E-state index contributed by atoms with van der Waals surface area (Å²) in [6.07, 6.45) is 3.10. The van der Waals surface area contributed by atoms with E-state index in [1.165, 1.54) is 30.8 Å². The second-order valence-electron chi connectivity index (χ2n) is 4.37. The van der Waals surface area contributed by atoms with Crippen LogP contribution in [-0.2, 0) is 10.0 Å². The lowest BCUT2D eigenvalue weighted by atomic mass is 10.3. The summed E-state index contributed by atoms with van der Waals surface area (Å²) >= 11 is 0. The van der Waals surface area contributed by atoms with E-state index in [1.54, 1.807) is 37.4 Å². The van der Waals surface area contributed by atoms with Gasteiger partial charge >= 0.3 is 0 Å². The van der Waals surface area contributed by atoms with Crippen LogP contribution in [0.15, 0.2) is 47.6 Å². The first-order valence-corrected chi connectivity index (χ1v) is 8.14. The van der Waals surface area contributed by atoms with E-state index >= 15 is 0 Å². The number of benzene rings is 1. The average Bonchev–Trinajstić information content (AvgIpc) is 2.55. The number of hydrogen-bond acceptors (Lipinski definition) is 5. The van der Waals surface area contributed by atoms with Gasteiger partial charge in [0.1, 0.15) is 4.90 Å². The summed E-state index contributed by atoms with van der Waals surface area (Å²) in [4.78, 5) is 4.03. The fourth-order valence-electron chi connectivity index (χ4n) is 2.17. The van der Waals surface area contributed by atoms with Gasteiger partial charge in [-0.15, -0.1) is 0 Å². The average molecular weight is 322 g/mol. The minimum Gasteiger partial charge on any atom is -0.493 e.